The van der Waals surface area contributed by atoms with Gasteiger partial charge in [-0.05, 0) is 66.9 Å². The third kappa shape index (κ3) is 4.41. The molecule has 164 valence electrons. The zero-order valence-electron chi connectivity index (χ0n) is 17.3. The number of aryl methyl sites for hydroxylation is 1. The van der Waals surface area contributed by atoms with Gasteiger partial charge in [-0.15, -0.1) is 0 Å². The highest BCUT2D eigenvalue weighted by Gasteiger charge is 2.31. The highest BCUT2D eigenvalue weighted by Crippen LogP contribution is 2.34. The fourth-order valence-electron chi connectivity index (χ4n) is 3.50. The molecule has 4 rings (SSSR count). The minimum atomic E-state index is -4.49. The summed E-state index contributed by atoms with van der Waals surface area (Å²) in [6.45, 7) is 3.48. The zero-order chi connectivity index (χ0) is 23.0. The molecule has 4 N–H and O–H groups in total. The SMILES string of the molecule is Cc1nc(N[C@H](C)c2cc(N)cc(C(F)(F)F)c2)c2cc(-c3ccc(=O)[nH]c3)ccc2n1. The van der Waals surface area contributed by atoms with E-state index in [4.69, 9.17) is 5.73 Å². The molecule has 32 heavy (non-hydrogen) atoms. The summed E-state index contributed by atoms with van der Waals surface area (Å²) in [5, 5.41) is 3.90. The molecule has 2 heterocycles. The van der Waals surface area contributed by atoms with E-state index in [1.54, 1.807) is 26.1 Å². The van der Waals surface area contributed by atoms with Gasteiger partial charge in [0.15, 0.2) is 0 Å². The molecule has 0 fully saturated rings. The van der Waals surface area contributed by atoms with Crippen molar-refractivity contribution >= 4 is 22.4 Å². The number of pyridine rings is 1. The molecular formula is C23H20F3N5O. The number of rotatable bonds is 4. The van der Waals surface area contributed by atoms with Crippen molar-refractivity contribution < 1.29 is 13.2 Å². The summed E-state index contributed by atoms with van der Waals surface area (Å²) >= 11 is 0. The number of alkyl halides is 3. The van der Waals surface area contributed by atoms with Gasteiger partial charge in [-0.25, -0.2) is 9.97 Å². The second kappa shape index (κ2) is 7.99. The van der Waals surface area contributed by atoms with E-state index < -0.39 is 17.8 Å². The van der Waals surface area contributed by atoms with E-state index in [2.05, 4.69) is 20.3 Å². The minimum Gasteiger partial charge on any atom is -0.399 e. The van der Waals surface area contributed by atoms with E-state index in [1.165, 1.54) is 12.1 Å². The van der Waals surface area contributed by atoms with Crippen molar-refractivity contribution in [3.63, 3.8) is 0 Å². The number of benzene rings is 2. The summed E-state index contributed by atoms with van der Waals surface area (Å²) < 4.78 is 39.6. The number of nitrogens with two attached hydrogens (primary N) is 1. The Hall–Kier alpha value is -3.88. The van der Waals surface area contributed by atoms with Gasteiger partial charge < -0.3 is 16.0 Å². The molecule has 0 aliphatic heterocycles. The van der Waals surface area contributed by atoms with Crippen LogP contribution in [0.1, 0.15) is 29.9 Å². The van der Waals surface area contributed by atoms with Crippen LogP contribution in [0, 0.1) is 6.92 Å². The van der Waals surface area contributed by atoms with Crippen molar-refractivity contribution in [2.45, 2.75) is 26.1 Å². The number of hydrogen-bond acceptors (Lipinski definition) is 5. The molecule has 0 aliphatic carbocycles. The summed E-state index contributed by atoms with van der Waals surface area (Å²) in [6, 6.07) is 11.7. The Kier molecular flexibility index (Phi) is 5.33. The van der Waals surface area contributed by atoms with Gasteiger partial charge in [0.05, 0.1) is 17.1 Å². The first-order valence-corrected chi connectivity index (χ1v) is 9.82. The van der Waals surface area contributed by atoms with Crippen LogP contribution in [0.4, 0.5) is 24.7 Å². The quantitative estimate of drug-likeness (QED) is 0.386. The highest BCUT2D eigenvalue weighted by molar-refractivity contribution is 5.92. The lowest BCUT2D eigenvalue weighted by molar-refractivity contribution is -0.137. The van der Waals surface area contributed by atoms with Crippen molar-refractivity contribution in [1.29, 1.82) is 0 Å². The lowest BCUT2D eigenvalue weighted by Crippen LogP contribution is -2.12. The largest absolute Gasteiger partial charge is 0.416 e. The number of nitrogen functional groups attached to an aromatic ring is 1. The fraction of sp³-hybridized carbons (Fsp3) is 0.174. The number of fused-ring (bicyclic) bond motifs is 1. The maximum absolute atomic E-state index is 13.2. The molecule has 0 saturated carbocycles. The summed E-state index contributed by atoms with van der Waals surface area (Å²) in [7, 11) is 0. The average Bonchev–Trinajstić information content (AvgIpc) is 2.73. The van der Waals surface area contributed by atoms with Gasteiger partial charge in [0, 0.05) is 23.3 Å². The lowest BCUT2D eigenvalue weighted by atomic mass is 10.0. The van der Waals surface area contributed by atoms with Crippen LogP contribution in [0.25, 0.3) is 22.0 Å². The van der Waals surface area contributed by atoms with Crippen LogP contribution >= 0.6 is 0 Å². The average molecular weight is 439 g/mol. The smallest absolute Gasteiger partial charge is 0.399 e. The lowest BCUT2D eigenvalue weighted by Gasteiger charge is -2.19. The van der Waals surface area contributed by atoms with Gasteiger partial charge in [0.1, 0.15) is 11.6 Å². The van der Waals surface area contributed by atoms with Crippen molar-refractivity contribution in [2.24, 2.45) is 0 Å². The minimum absolute atomic E-state index is 0.0348. The highest BCUT2D eigenvalue weighted by atomic mass is 19.4. The van der Waals surface area contributed by atoms with Crippen LogP contribution in [-0.4, -0.2) is 15.0 Å². The van der Waals surface area contributed by atoms with Crippen LogP contribution in [-0.2, 0) is 6.18 Å². The molecule has 6 nitrogen and oxygen atoms in total. The van der Waals surface area contributed by atoms with Crippen molar-refractivity contribution in [3.05, 3.63) is 82.0 Å². The van der Waals surface area contributed by atoms with E-state index in [9.17, 15) is 18.0 Å². The first-order valence-electron chi connectivity index (χ1n) is 9.82. The molecule has 0 saturated heterocycles. The van der Waals surface area contributed by atoms with Crippen molar-refractivity contribution in [3.8, 4) is 11.1 Å². The molecule has 0 bridgehead atoms. The predicted molar refractivity (Wildman–Crippen MR) is 118 cm³/mol. The number of anilines is 2. The summed E-state index contributed by atoms with van der Waals surface area (Å²) in [6.07, 6.45) is -2.88. The number of nitrogens with one attached hydrogen (secondary N) is 2. The van der Waals surface area contributed by atoms with Gasteiger partial charge in [-0.2, -0.15) is 13.2 Å². The summed E-state index contributed by atoms with van der Waals surface area (Å²) in [4.78, 5) is 22.9. The second-order valence-electron chi connectivity index (χ2n) is 7.55. The van der Waals surface area contributed by atoms with Crippen LogP contribution in [0.5, 0.6) is 0 Å². The van der Waals surface area contributed by atoms with Gasteiger partial charge in [-0.1, -0.05) is 6.07 Å². The molecular weight excluding hydrogens is 419 g/mol. The Morgan fingerprint density at radius 3 is 2.47 bits per heavy atom. The van der Waals surface area contributed by atoms with Gasteiger partial charge in [0.2, 0.25) is 5.56 Å². The molecule has 0 unspecified atom stereocenters. The van der Waals surface area contributed by atoms with E-state index in [0.29, 0.717) is 28.1 Å². The molecule has 4 aromatic rings. The molecule has 0 radical (unpaired) electrons. The number of aromatic amines is 1. The topological polar surface area (TPSA) is 96.7 Å². The number of H-pyrrole nitrogens is 1. The Bertz CT molecular complexity index is 1340. The Morgan fingerprint density at radius 2 is 1.78 bits per heavy atom. The number of hydrogen-bond donors (Lipinski definition) is 3. The Morgan fingerprint density at radius 1 is 1.03 bits per heavy atom. The van der Waals surface area contributed by atoms with Crippen molar-refractivity contribution in [1.82, 2.24) is 15.0 Å². The number of aromatic nitrogens is 3. The molecule has 9 heteroatoms. The molecule has 1 atom stereocenters. The predicted octanol–water partition coefficient (Wildman–Crippen LogP) is 5.07. The maximum Gasteiger partial charge on any atom is 0.416 e. The van der Waals surface area contributed by atoms with Crippen LogP contribution in [0.3, 0.4) is 0 Å². The third-order valence-corrected chi connectivity index (χ3v) is 5.08. The van der Waals surface area contributed by atoms with Crippen LogP contribution in [0.15, 0.2) is 59.5 Å². The van der Waals surface area contributed by atoms with Crippen molar-refractivity contribution in [2.75, 3.05) is 11.1 Å². The van der Waals surface area contributed by atoms with Gasteiger partial charge in [0.25, 0.3) is 0 Å². The number of halogens is 3. The molecule has 2 aromatic heterocycles. The maximum atomic E-state index is 13.2. The molecule has 0 aliphatic rings. The third-order valence-electron chi connectivity index (χ3n) is 5.08. The second-order valence-corrected chi connectivity index (χ2v) is 7.55. The van der Waals surface area contributed by atoms with Gasteiger partial charge >= 0.3 is 6.18 Å². The normalized spacial score (nSPS) is 12.7. The van der Waals surface area contributed by atoms with E-state index in [-0.39, 0.29) is 11.2 Å². The molecule has 2 aromatic carbocycles. The van der Waals surface area contributed by atoms with E-state index in [0.717, 1.165) is 23.3 Å². The zero-order valence-corrected chi connectivity index (χ0v) is 17.3. The Balaban J connectivity index is 1.75. The van der Waals surface area contributed by atoms with Crippen LogP contribution in [0.2, 0.25) is 0 Å². The number of nitrogens with zero attached hydrogens (tertiary/aromatic N) is 2. The first-order chi connectivity index (χ1) is 15.1. The molecule has 0 spiro atoms. The molecule has 0 amide bonds. The standard InChI is InChI=1S/C23H20F3N5O/c1-12(16-7-17(23(24,25)26)10-18(27)8-16)29-22-19-9-14(15-4-6-21(32)28-11-15)3-5-20(19)30-13(2)31-22/h3-12H,27H2,1-2H3,(H,28,32)(H,29,30,31)/t12-/m1/s1. The first kappa shape index (κ1) is 21.4. The van der Waals surface area contributed by atoms with E-state index >= 15 is 0 Å². The van der Waals surface area contributed by atoms with Crippen LogP contribution < -0.4 is 16.6 Å². The monoisotopic (exact) mass is 439 g/mol. The Labute approximate surface area is 181 Å². The summed E-state index contributed by atoms with van der Waals surface area (Å²) in [5.74, 6) is 1.01. The fourth-order valence-corrected chi connectivity index (χ4v) is 3.50. The van der Waals surface area contributed by atoms with E-state index in [1.807, 2.05) is 18.2 Å². The van der Waals surface area contributed by atoms with Gasteiger partial charge in [-0.3, -0.25) is 4.79 Å². The summed E-state index contributed by atoms with van der Waals surface area (Å²) in [5.41, 5.74) is 7.46.